The second kappa shape index (κ2) is 20.7. The maximum absolute atomic E-state index is 10.3. The average Bonchev–Trinajstić information content (AvgIpc) is 2.60. The summed E-state index contributed by atoms with van der Waals surface area (Å²) in [4.78, 5) is 10.3. The molecule has 0 saturated carbocycles. The normalized spacial score (nSPS) is 12.4. The molecular formula is C22H44O2. The summed E-state index contributed by atoms with van der Waals surface area (Å²) in [6.07, 6.45) is 25.2. The van der Waals surface area contributed by atoms with Crippen molar-refractivity contribution in [2.24, 2.45) is 0 Å². The van der Waals surface area contributed by atoms with E-state index in [0.717, 1.165) is 12.8 Å². The summed E-state index contributed by atoms with van der Waals surface area (Å²) < 4.78 is 0. The number of carbonyl (C=O) groups excluding carboxylic acids is 1. The van der Waals surface area contributed by atoms with Gasteiger partial charge in [0.25, 0.3) is 0 Å². The van der Waals surface area contributed by atoms with Crippen molar-refractivity contribution in [2.45, 2.75) is 135 Å². The van der Waals surface area contributed by atoms with Gasteiger partial charge in [-0.25, -0.2) is 0 Å². The Bertz CT molecular complexity index is 240. The Kier molecular flexibility index (Phi) is 20.4. The average molecular weight is 341 g/mol. The van der Waals surface area contributed by atoms with Gasteiger partial charge in [-0.15, -0.1) is 0 Å². The smallest absolute Gasteiger partial charge is 0.148 e. The minimum absolute atomic E-state index is 0.641. The maximum Gasteiger partial charge on any atom is 0.148 e. The molecule has 1 atom stereocenters. The molecule has 0 aliphatic heterocycles. The van der Waals surface area contributed by atoms with Crippen molar-refractivity contribution >= 4 is 6.29 Å². The molecule has 0 bridgehead atoms. The second-order valence-corrected chi connectivity index (χ2v) is 7.50. The van der Waals surface area contributed by atoms with Gasteiger partial charge in [0.05, 0.1) is 0 Å². The van der Waals surface area contributed by atoms with E-state index in [1.165, 1.54) is 103 Å². The molecule has 0 amide bonds. The zero-order valence-electron chi connectivity index (χ0n) is 16.4. The van der Waals surface area contributed by atoms with E-state index >= 15 is 0 Å². The van der Waals surface area contributed by atoms with E-state index in [-0.39, 0.29) is 0 Å². The van der Waals surface area contributed by atoms with Crippen LogP contribution in [0, 0.1) is 0 Å². The van der Waals surface area contributed by atoms with Gasteiger partial charge >= 0.3 is 0 Å². The van der Waals surface area contributed by atoms with E-state index in [2.05, 4.69) is 6.92 Å². The molecule has 1 N–H and O–H groups in total. The molecule has 0 saturated heterocycles. The quantitative estimate of drug-likeness (QED) is 0.192. The predicted molar refractivity (Wildman–Crippen MR) is 105 cm³/mol. The van der Waals surface area contributed by atoms with Gasteiger partial charge in [0.1, 0.15) is 12.4 Å². The maximum atomic E-state index is 10.3. The minimum atomic E-state index is -0.731. The first-order valence-corrected chi connectivity index (χ1v) is 10.9. The molecule has 0 aliphatic carbocycles. The highest BCUT2D eigenvalue weighted by molar-refractivity contribution is 5.55. The van der Waals surface area contributed by atoms with Crippen LogP contribution in [0.25, 0.3) is 0 Å². The van der Waals surface area contributed by atoms with Gasteiger partial charge in [0.2, 0.25) is 0 Å². The van der Waals surface area contributed by atoms with Crippen molar-refractivity contribution in [3.8, 4) is 0 Å². The molecule has 0 spiro atoms. The summed E-state index contributed by atoms with van der Waals surface area (Å²) in [6, 6.07) is 0. The molecule has 2 nitrogen and oxygen atoms in total. The van der Waals surface area contributed by atoms with Crippen LogP contribution in [0.2, 0.25) is 0 Å². The largest absolute Gasteiger partial charge is 0.386 e. The van der Waals surface area contributed by atoms with Gasteiger partial charge in [0, 0.05) is 0 Å². The fourth-order valence-corrected chi connectivity index (χ4v) is 3.32. The van der Waals surface area contributed by atoms with E-state index < -0.39 is 6.10 Å². The molecular weight excluding hydrogens is 296 g/mol. The van der Waals surface area contributed by atoms with Gasteiger partial charge in [-0.2, -0.15) is 0 Å². The van der Waals surface area contributed by atoms with E-state index in [9.17, 15) is 4.79 Å². The lowest BCUT2D eigenvalue weighted by molar-refractivity contribution is -0.115. The molecule has 144 valence electrons. The molecule has 0 heterocycles. The first kappa shape index (κ1) is 23.6. The highest BCUT2D eigenvalue weighted by Gasteiger charge is 2.00. The Hall–Kier alpha value is -0.370. The van der Waals surface area contributed by atoms with Crippen LogP contribution in [0.5, 0.6) is 0 Å². The van der Waals surface area contributed by atoms with E-state index in [1.54, 1.807) is 0 Å². The summed E-state index contributed by atoms with van der Waals surface area (Å²) >= 11 is 0. The van der Waals surface area contributed by atoms with Gasteiger partial charge in [-0.05, 0) is 6.42 Å². The zero-order chi connectivity index (χ0) is 17.7. The Morgan fingerprint density at radius 3 is 1.17 bits per heavy atom. The lowest BCUT2D eigenvalue weighted by Gasteiger charge is -2.04. The van der Waals surface area contributed by atoms with Crippen molar-refractivity contribution in [3.63, 3.8) is 0 Å². The topological polar surface area (TPSA) is 37.3 Å². The summed E-state index contributed by atoms with van der Waals surface area (Å²) in [5.41, 5.74) is 0. The van der Waals surface area contributed by atoms with Crippen molar-refractivity contribution in [1.82, 2.24) is 0 Å². The molecule has 0 rings (SSSR count). The third-order valence-electron chi connectivity index (χ3n) is 5.01. The van der Waals surface area contributed by atoms with Crippen LogP contribution in [0.15, 0.2) is 0 Å². The van der Waals surface area contributed by atoms with Crippen LogP contribution >= 0.6 is 0 Å². The first-order chi connectivity index (χ1) is 11.8. The van der Waals surface area contributed by atoms with Gasteiger partial charge in [-0.3, -0.25) is 0 Å². The summed E-state index contributed by atoms with van der Waals surface area (Å²) in [6.45, 7) is 2.28. The molecule has 0 radical (unpaired) electrons. The molecule has 0 aromatic heterocycles. The fraction of sp³-hybridized carbons (Fsp3) is 0.955. The molecule has 0 aromatic rings. The Labute approximate surface area is 151 Å². The summed E-state index contributed by atoms with van der Waals surface area (Å²) in [7, 11) is 0. The monoisotopic (exact) mass is 340 g/mol. The highest BCUT2D eigenvalue weighted by atomic mass is 16.3. The van der Waals surface area contributed by atoms with Crippen LogP contribution in [0.4, 0.5) is 0 Å². The van der Waals surface area contributed by atoms with Crippen LogP contribution in [-0.2, 0) is 4.79 Å². The summed E-state index contributed by atoms with van der Waals surface area (Å²) in [5.74, 6) is 0. The van der Waals surface area contributed by atoms with Gasteiger partial charge < -0.3 is 9.90 Å². The van der Waals surface area contributed by atoms with Gasteiger partial charge in [-0.1, -0.05) is 122 Å². The summed E-state index contributed by atoms with van der Waals surface area (Å²) in [5, 5.41) is 9.12. The molecule has 0 fully saturated rings. The number of aliphatic hydroxyl groups is 1. The molecule has 0 aliphatic rings. The van der Waals surface area contributed by atoms with Crippen molar-refractivity contribution in [3.05, 3.63) is 0 Å². The third kappa shape index (κ3) is 19.7. The number of hydrogen-bond donors (Lipinski definition) is 1. The van der Waals surface area contributed by atoms with Gasteiger partial charge in [0.15, 0.2) is 0 Å². The van der Waals surface area contributed by atoms with Crippen LogP contribution < -0.4 is 0 Å². The number of aliphatic hydroxyl groups excluding tert-OH is 1. The van der Waals surface area contributed by atoms with Crippen molar-refractivity contribution in [2.75, 3.05) is 0 Å². The SMILES string of the molecule is CCCCCCCCCCCCCCCCCCCCC(O)C=O. The van der Waals surface area contributed by atoms with Crippen LogP contribution in [-0.4, -0.2) is 17.5 Å². The molecule has 0 aromatic carbocycles. The van der Waals surface area contributed by atoms with E-state index in [4.69, 9.17) is 5.11 Å². The Balaban J connectivity index is 2.99. The van der Waals surface area contributed by atoms with Crippen LogP contribution in [0.3, 0.4) is 0 Å². The predicted octanol–water partition coefficient (Wildman–Crippen LogP) is 6.98. The number of carbonyl (C=O) groups is 1. The highest BCUT2D eigenvalue weighted by Crippen LogP contribution is 2.14. The lowest BCUT2D eigenvalue weighted by Crippen LogP contribution is -2.06. The van der Waals surface area contributed by atoms with Crippen molar-refractivity contribution < 1.29 is 9.90 Å². The molecule has 1 unspecified atom stereocenters. The number of rotatable bonds is 20. The fourth-order valence-electron chi connectivity index (χ4n) is 3.32. The standard InChI is InChI=1S/C22H44O2/c1-2-3-4-5-6-7-8-9-10-11-12-13-14-15-16-17-18-19-20-22(24)21-23/h21-22,24H,2-20H2,1H3. The first-order valence-electron chi connectivity index (χ1n) is 10.9. The number of aldehydes is 1. The number of hydrogen-bond acceptors (Lipinski definition) is 2. The third-order valence-corrected chi connectivity index (χ3v) is 5.01. The second-order valence-electron chi connectivity index (χ2n) is 7.50. The van der Waals surface area contributed by atoms with E-state index in [0.29, 0.717) is 12.7 Å². The number of unbranched alkanes of at least 4 members (excludes halogenated alkanes) is 17. The minimum Gasteiger partial charge on any atom is -0.386 e. The van der Waals surface area contributed by atoms with E-state index in [1.807, 2.05) is 0 Å². The Morgan fingerprint density at radius 1 is 0.583 bits per heavy atom. The van der Waals surface area contributed by atoms with Crippen molar-refractivity contribution in [1.29, 1.82) is 0 Å². The molecule has 2 heteroatoms. The van der Waals surface area contributed by atoms with Crippen LogP contribution in [0.1, 0.15) is 129 Å². The molecule has 24 heavy (non-hydrogen) atoms. The zero-order valence-corrected chi connectivity index (χ0v) is 16.4. The lowest BCUT2D eigenvalue weighted by atomic mass is 10.0. The Morgan fingerprint density at radius 2 is 0.875 bits per heavy atom.